The third-order valence-corrected chi connectivity index (χ3v) is 4.42. The first kappa shape index (κ1) is 15.3. The van der Waals surface area contributed by atoms with E-state index >= 15 is 0 Å². The minimum atomic E-state index is -0.611. The summed E-state index contributed by atoms with van der Waals surface area (Å²) in [5.74, 6) is 0.124. The van der Waals surface area contributed by atoms with Gasteiger partial charge in [0.1, 0.15) is 5.60 Å². The van der Waals surface area contributed by atoms with Crippen LogP contribution in [0.3, 0.4) is 0 Å². The third-order valence-electron chi connectivity index (χ3n) is 4.42. The van der Waals surface area contributed by atoms with Crippen molar-refractivity contribution in [3.8, 4) is 6.07 Å². The molecule has 0 aromatic carbocycles. The van der Waals surface area contributed by atoms with Gasteiger partial charge in [0.15, 0.2) is 0 Å². The summed E-state index contributed by atoms with van der Waals surface area (Å²) in [5.41, 5.74) is -0.611. The molecule has 5 heteroatoms. The molecule has 0 aromatic heterocycles. The molecule has 0 saturated carbocycles. The van der Waals surface area contributed by atoms with Gasteiger partial charge in [-0.05, 0) is 26.2 Å². The molecule has 112 valence electrons. The number of carbonyl (C=O) groups excluding carboxylic acids is 1. The van der Waals surface area contributed by atoms with Crippen molar-refractivity contribution in [2.45, 2.75) is 51.2 Å². The van der Waals surface area contributed by atoms with Crippen molar-refractivity contribution in [3.05, 3.63) is 0 Å². The molecule has 20 heavy (non-hydrogen) atoms. The SMILES string of the molecule is CCCC(C#N)N1CCN(C(=O)C2(C)CCCO2)CC1. The lowest BCUT2D eigenvalue weighted by molar-refractivity contribution is -0.153. The number of nitriles is 1. The van der Waals surface area contributed by atoms with Gasteiger partial charge in [-0.3, -0.25) is 9.69 Å². The summed E-state index contributed by atoms with van der Waals surface area (Å²) in [4.78, 5) is 16.6. The molecule has 2 fully saturated rings. The quantitative estimate of drug-likeness (QED) is 0.780. The fourth-order valence-electron chi connectivity index (χ4n) is 3.12. The molecule has 5 nitrogen and oxygen atoms in total. The van der Waals surface area contributed by atoms with Crippen molar-refractivity contribution < 1.29 is 9.53 Å². The lowest BCUT2D eigenvalue weighted by Crippen LogP contribution is -2.56. The highest BCUT2D eigenvalue weighted by molar-refractivity contribution is 5.85. The summed E-state index contributed by atoms with van der Waals surface area (Å²) in [6.07, 6.45) is 3.71. The molecule has 0 radical (unpaired) electrons. The van der Waals surface area contributed by atoms with Crippen molar-refractivity contribution in [2.75, 3.05) is 32.8 Å². The second kappa shape index (κ2) is 6.55. The van der Waals surface area contributed by atoms with Crippen molar-refractivity contribution >= 4 is 5.91 Å². The zero-order valence-corrected chi connectivity index (χ0v) is 12.6. The molecule has 0 aliphatic carbocycles. The maximum atomic E-state index is 12.5. The minimum Gasteiger partial charge on any atom is -0.365 e. The molecule has 2 saturated heterocycles. The van der Waals surface area contributed by atoms with Crippen molar-refractivity contribution in [1.82, 2.24) is 9.80 Å². The fraction of sp³-hybridized carbons (Fsp3) is 0.867. The summed E-state index contributed by atoms with van der Waals surface area (Å²) in [6, 6.07) is 2.37. The van der Waals surface area contributed by atoms with Gasteiger partial charge < -0.3 is 9.64 Å². The smallest absolute Gasteiger partial charge is 0.254 e. The summed E-state index contributed by atoms with van der Waals surface area (Å²) >= 11 is 0. The molecular formula is C15H25N3O2. The average Bonchev–Trinajstić information content (AvgIpc) is 2.92. The Labute approximate surface area is 121 Å². The molecule has 0 aromatic rings. The number of rotatable bonds is 4. The van der Waals surface area contributed by atoms with Crippen LogP contribution in [-0.2, 0) is 9.53 Å². The molecule has 2 aliphatic heterocycles. The normalized spacial score (nSPS) is 29.1. The Morgan fingerprint density at radius 2 is 2.10 bits per heavy atom. The van der Waals surface area contributed by atoms with Gasteiger partial charge in [0, 0.05) is 32.8 Å². The number of hydrogen-bond donors (Lipinski definition) is 0. The van der Waals surface area contributed by atoms with Gasteiger partial charge in [0.25, 0.3) is 5.91 Å². The first-order chi connectivity index (χ1) is 9.60. The van der Waals surface area contributed by atoms with Gasteiger partial charge in [-0.25, -0.2) is 0 Å². The monoisotopic (exact) mass is 279 g/mol. The van der Waals surface area contributed by atoms with Gasteiger partial charge in [-0.2, -0.15) is 5.26 Å². The highest BCUT2D eigenvalue weighted by atomic mass is 16.5. The minimum absolute atomic E-state index is 0.00410. The lowest BCUT2D eigenvalue weighted by Gasteiger charge is -2.39. The van der Waals surface area contributed by atoms with Crippen LogP contribution in [0, 0.1) is 11.3 Å². The summed E-state index contributed by atoms with van der Waals surface area (Å²) in [7, 11) is 0. The Hall–Kier alpha value is -1.12. The van der Waals surface area contributed by atoms with E-state index in [1.807, 2.05) is 11.8 Å². The Balaban J connectivity index is 1.88. The predicted molar refractivity (Wildman–Crippen MR) is 76.1 cm³/mol. The molecule has 2 rings (SSSR count). The summed E-state index contributed by atoms with van der Waals surface area (Å²) in [5, 5.41) is 9.21. The van der Waals surface area contributed by atoms with Crippen LogP contribution in [-0.4, -0.2) is 60.1 Å². The Morgan fingerprint density at radius 3 is 2.60 bits per heavy atom. The maximum Gasteiger partial charge on any atom is 0.254 e. The average molecular weight is 279 g/mol. The second-order valence-electron chi connectivity index (χ2n) is 5.94. The van der Waals surface area contributed by atoms with E-state index in [4.69, 9.17) is 4.74 Å². The van der Waals surface area contributed by atoms with E-state index in [-0.39, 0.29) is 11.9 Å². The Bertz CT molecular complexity index is 377. The molecule has 2 aliphatic rings. The molecule has 2 heterocycles. The molecule has 2 atom stereocenters. The summed E-state index contributed by atoms with van der Waals surface area (Å²) < 4.78 is 5.63. The van der Waals surface area contributed by atoms with Crippen LogP contribution in [0.15, 0.2) is 0 Å². The number of ether oxygens (including phenoxy) is 1. The van der Waals surface area contributed by atoms with Crippen molar-refractivity contribution in [2.24, 2.45) is 0 Å². The van der Waals surface area contributed by atoms with Crippen LogP contribution < -0.4 is 0 Å². The van der Waals surface area contributed by atoms with Crippen LogP contribution in [0.5, 0.6) is 0 Å². The van der Waals surface area contributed by atoms with Crippen molar-refractivity contribution in [3.63, 3.8) is 0 Å². The largest absolute Gasteiger partial charge is 0.365 e. The highest BCUT2D eigenvalue weighted by Gasteiger charge is 2.41. The standard InChI is InChI=1S/C15H25N3O2/c1-3-5-13(12-16)17-7-9-18(10-8-17)14(19)15(2)6-4-11-20-15/h13H,3-11H2,1-2H3. The summed E-state index contributed by atoms with van der Waals surface area (Å²) in [6.45, 7) is 7.70. The Kier molecular flexibility index (Phi) is 5.00. The van der Waals surface area contributed by atoms with Gasteiger partial charge in [-0.1, -0.05) is 13.3 Å². The van der Waals surface area contributed by atoms with E-state index in [1.54, 1.807) is 0 Å². The first-order valence-corrected chi connectivity index (χ1v) is 7.67. The van der Waals surface area contributed by atoms with Gasteiger partial charge in [-0.15, -0.1) is 0 Å². The second-order valence-corrected chi connectivity index (χ2v) is 5.94. The van der Waals surface area contributed by atoms with Crippen LogP contribution in [0.1, 0.15) is 39.5 Å². The number of carbonyl (C=O) groups is 1. The number of hydrogen-bond acceptors (Lipinski definition) is 4. The van der Waals surface area contributed by atoms with E-state index in [0.717, 1.165) is 38.8 Å². The topological polar surface area (TPSA) is 56.6 Å². The van der Waals surface area contributed by atoms with E-state index in [9.17, 15) is 10.1 Å². The molecule has 2 unspecified atom stereocenters. The number of nitrogens with zero attached hydrogens (tertiary/aromatic N) is 3. The molecule has 0 spiro atoms. The van der Waals surface area contributed by atoms with Crippen LogP contribution in [0.25, 0.3) is 0 Å². The van der Waals surface area contributed by atoms with E-state index in [1.165, 1.54) is 0 Å². The molecule has 0 N–H and O–H groups in total. The molecular weight excluding hydrogens is 254 g/mol. The fourth-order valence-corrected chi connectivity index (χ4v) is 3.12. The van der Waals surface area contributed by atoms with Crippen LogP contribution in [0.4, 0.5) is 0 Å². The zero-order chi connectivity index (χ0) is 14.6. The number of amides is 1. The molecule has 0 bridgehead atoms. The van der Waals surface area contributed by atoms with Gasteiger partial charge in [0.2, 0.25) is 0 Å². The van der Waals surface area contributed by atoms with Crippen LogP contribution >= 0.6 is 0 Å². The first-order valence-electron chi connectivity index (χ1n) is 7.67. The van der Waals surface area contributed by atoms with E-state index < -0.39 is 5.60 Å². The third kappa shape index (κ3) is 3.13. The van der Waals surface area contributed by atoms with Gasteiger partial charge >= 0.3 is 0 Å². The predicted octanol–water partition coefficient (Wildman–Crippen LogP) is 1.39. The number of piperazine rings is 1. The molecule has 1 amide bonds. The van der Waals surface area contributed by atoms with Crippen molar-refractivity contribution in [1.29, 1.82) is 5.26 Å². The van der Waals surface area contributed by atoms with Crippen LogP contribution in [0.2, 0.25) is 0 Å². The maximum absolute atomic E-state index is 12.5. The zero-order valence-electron chi connectivity index (χ0n) is 12.6. The van der Waals surface area contributed by atoms with E-state index in [2.05, 4.69) is 17.9 Å². The highest BCUT2D eigenvalue weighted by Crippen LogP contribution is 2.27. The van der Waals surface area contributed by atoms with E-state index in [0.29, 0.717) is 19.7 Å². The lowest BCUT2D eigenvalue weighted by atomic mass is 10.0. The Morgan fingerprint density at radius 1 is 1.40 bits per heavy atom. The van der Waals surface area contributed by atoms with Gasteiger partial charge in [0.05, 0.1) is 12.1 Å².